The van der Waals surface area contributed by atoms with E-state index in [0.29, 0.717) is 6.54 Å². The van der Waals surface area contributed by atoms with Crippen molar-refractivity contribution in [3.63, 3.8) is 0 Å². The zero-order valence-electron chi connectivity index (χ0n) is 9.67. The lowest BCUT2D eigenvalue weighted by Gasteiger charge is -2.14. The van der Waals surface area contributed by atoms with Crippen molar-refractivity contribution in [2.24, 2.45) is 5.73 Å². The summed E-state index contributed by atoms with van der Waals surface area (Å²) in [6, 6.07) is 12.0. The second-order valence-electron chi connectivity index (χ2n) is 4.32. The normalized spacial score (nSPS) is 13.9. The zero-order valence-corrected chi connectivity index (χ0v) is 9.67. The van der Waals surface area contributed by atoms with E-state index in [-0.39, 0.29) is 0 Å². The van der Waals surface area contributed by atoms with Crippen molar-refractivity contribution < 1.29 is 0 Å². The molecule has 86 valence electrons. The van der Waals surface area contributed by atoms with Crippen molar-refractivity contribution in [2.45, 2.75) is 19.0 Å². The van der Waals surface area contributed by atoms with Gasteiger partial charge in [-0.1, -0.05) is 30.3 Å². The van der Waals surface area contributed by atoms with Crippen LogP contribution < -0.4 is 5.73 Å². The Labute approximate surface area is 100 Å². The Morgan fingerprint density at radius 1 is 1.35 bits per heavy atom. The molecule has 0 fully saturated rings. The largest absolute Gasteiger partial charge is 0.312 e. The third-order valence-electron chi connectivity index (χ3n) is 2.49. The second kappa shape index (κ2) is 4.40. The van der Waals surface area contributed by atoms with Gasteiger partial charge in [0.05, 0.1) is 18.8 Å². The standard InChI is InChI=1S/C13H14N4/c1-13(15,9-14)10-17-8-12(7-16-17)11-5-3-2-4-6-11/h2-8H,10,15H2,1H3. The van der Waals surface area contributed by atoms with E-state index in [9.17, 15) is 0 Å². The Bertz CT molecular complexity index is 534. The van der Waals surface area contributed by atoms with Gasteiger partial charge < -0.3 is 5.73 Å². The first kappa shape index (κ1) is 11.4. The number of nitrogens with zero attached hydrogens (tertiary/aromatic N) is 3. The van der Waals surface area contributed by atoms with E-state index in [1.807, 2.05) is 36.5 Å². The third kappa shape index (κ3) is 2.71. The molecule has 0 aliphatic rings. The van der Waals surface area contributed by atoms with E-state index >= 15 is 0 Å². The number of hydrogen-bond acceptors (Lipinski definition) is 3. The molecule has 1 aromatic carbocycles. The minimum Gasteiger partial charge on any atom is -0.312 e. The van der Waals surface area contributed by atoms with Gasteiger partial charge in [0.2, 0.25) is 0 Å². The lowest BCUT2D eigenvalue weighted by Crippen LogP contribution is -2.39. The van der Waals surface area contributed by atoms with Crippen LogP contribution in [0.25, 0.3) is 11.1 Å². The van der Waals surface area contributed by atoms with Gasteiger partial charge in [-0.25, -0.2) is 0 Å². The van der Waals surface area contributed by atoms with Gasteiger partial charge in [-0.15, -0.1) is 0 Å². The fourth-order valence-corrected chi connectivity index (χ4v) is 1.60. The Balaban J connectivity index is 2.21. The summed E-state index contributed by atoms with van der Waals surface area (Å²) in [4.78, 5) is 0. The van der Waals surface area contributed by atoms with Gasteiger partial charge in [-0.2, -0.15) is 10.4 Å². The highest BCUT2D eigenvalue weighted by Crippen LogP contribution is 2.18. The van der Waals surface area contributed by atoms with Crippen LogP contribution >= 0.6 is 0 Å². The Kier molecular flexibility index (Phi) is 2.94. The molecule has 2 N–H and O–H groups in total. The van der Waals surface area contributed by atoms with Crippen molar-refractivity contribution in [1.82, 2.24) is 9.78 Å². The van der Waals surface area contributed by atoms with Gasteiger partial charge in [0.25, 0.3) is 0 Å². The van der Waals surface area contributed by atoms with Gasteiger partial charge in [0.1, 0.15) is 5.54 Å². The molecule has 0 spiro atoms. The van der Waals surface area contributed by atoms with Gasteiger partial charge in [-0.05, 0) is 12.5 Å². The Hall–Kier alpha value is -2.12. The van der Waals surface area contributed by atoms with Crippen LogP contribution in [-0.2, 0) is 6.54 Å². The molecule has 0 radical (unpaired) electrons. The molecular formula is C13H14N4. The van der Waals surface area contributed by atoms with Crippen molar-refractivity contribution >= 4 is 0 Å². The van der Waals surface area contributed by atoms with Crippen LogP contribution in [0.1, 0.15) is 6.92 Å². The first-order valence-corrected chi connectivity index (χ1v) is 5.39. The number of nitriles is 1. The van der Waals surface area contributed by atoms with E-state index in [1.54, 1.807) is 17.8 Å². The van der Waals surface area contributed by atoms with E-state index in [0.717, 1.165) is 11.1 Å². The highest BCUT2D eigenvalue weighted by atomic mass is 15.3. The SMILES string of the molecule is CC(N)(C#N)Cn1cc(-c2ccccc2)cn1. The highest BCUT2D eigenvalue weighted by Gasteiger charge is 2.18. The summed E-state index contributed by atoms with van der Waals surface area (Å²) in [5.41, 5.74) is 7.02. The van der Waals surface area contributed by atoms with E-state index in [2.05, 4.69) is 11.2 Å². The molecule has 1 heterocycles. The molecule has 0 saturated heterocycles. The predicted octanol–water partition coefficient (Wildman–Crippen LogP) is 1.79. The smallest absolute Gasteiger partial charge is 0.121 e. The van der Waals surface area contributed by atoms with Gasteiger partial charge in [0, 0.05) is 11.8 Å². The molecule has 2 aromatic rings. The molecule has 2 rings (SSSR count). The first-order chi connectivity index (χ1) is 8.11. The minimum absolute atomic E-state index is 0.385. The maximum atomic E-state index is 8.86. The second-order valence-corrected chi connectivity index (χ2v) is 4.32. The summed E-state index contributed by atoms with van der Waals surface area (Å²) < 4.78 is 1.70. The number of hydrogen-bond donors (Lipinski definition) is 1. The van der Waals surface area contributed by atoms with Gasteiger partial charge in [-0.3, -0.25) is 4.68 Å². The molecular weight excluding hydrogens is 212 g/mol. The van der Waals surface area contributed by atoms with Crippen LogP contribution in [0.2, 0.25) is 0 Å². The zero-order chi connectivity index (χ0) is 12.3. The van der Waals surface area contributed by atoms with E-state index < -0.39 is 5.54 Å². The highest BCUT2D eigenvalue weighted by molar-refractivity contribution is 5.61. The quantitative estimate of drug-likeness (QED) is 0.867. The van der Waals surface area contributed by atoms with Crippen LogP contribution in [0, 0.1) is 11.3 Å². The van der Waals surface area contributed by atoms with Crippen molar-refractivity contribution in [3.05, 3.63) is 42.7 Å². The molecule has 4 nitrogen and oxygen atoms in total. The Morgan fingerprint density at radius 2 is 2.06 bits per heavy atom. The molecule has 0 aliphatic carbocycles. The monoisotopic (exact) mass is 226 g/mol. The van der Waals surface area contributed by atoms with Crippen molar-refractivity contribution in [1.29, 1.82) is 5.26 Å². The van der Waals surface area contributed by atoms with Crippen LogP contribution in [0.5, 0.6) is 0 Å². The topological polar surface area (TPSA) is 67.6 Å². The maximum absolute atomic E-state index is 8.86. The summed E-state index contributed by atoms with van der Waals surface area (Å²) in [5.74, 6) is 0. The molecule has 0 bridgehead atoms. The molecule has 1 atom stereocenters. The average molecular weight is 226 g/mol. The van der Waals surface area contributed by atoms with Crippen molar-refractivity contribution in [3.8, 4) is 17.2 Å². The lowest BCUT2D eigenvalue weighted by atomic mass is 10.1. The number of rotatable bonds is 3. The summed E-state index contributed by atoms with van der Waals surface area (Å²) in [5, 5.41) is 13.1. The summed E-state index contributed by atoms with van der Waals surface area (Å²) >= 11 is 0. The summed E-state index contributed by atoms with van der Waals surface area (Å²) in [6.07, 6.45) is 3.68. The van der Waals surface area contributed by atoms with Crippen LogP contribution in [-0.4, -0.2) is 15.3 Å². The Morgan fingerprint density at radius 3 is 2.71 bits per heavy atom. The molecule has 0 amide bonds. The van der Waals surface area contributed by atoms with Gasteiger partial charge >= 0.3 is 0 Å². The lowest BCUT2D eigenvalue weighted by molar-refractivity contribution is 0.459. The van der Waals surface area contributed by atoms with Crippen LogP contribution in [0.15, 0.2) is 42.7 Å². The average Bonchev–Trinajstić information content (AvgIpc) is 2.78. The molecule has 1 unspecified atom stereocenters. The molecule has 0 saturated carbocycles. The number of aromatic nitrogens is 2. The van der Waals surface area contributed by atoms with Crippen LogP contribution in [0.3, 0.4) is 0 Å². The van der Waals surface area contributed by atoms with Crippen molar-refractivity contribution in [2.75, 3.05) is 0 Å². The summed E-state index contributed by atoms with van der Waals surface area (Å²) in [7, 11) is 0. The maximum Gasteiger partial charge on any atom is 0.121 e. The fraction of sp³-hybridized carbons (Fsp3) is 0.231. The fourth-order valence-electron chi connectivity index (χ4n) is 1.60. The van der Waals surface area contributed by atoms with Gasteiger partial charge in [0.15, 0.2) is 0 Å². The molecule has 0 aliphatic heterocycles. The molecule has 17 heavy (non-hydrogen) atoms. The third-order valence-corrected chi connectivity index (χ3v) is 2.49. The minimum atomic E-state index is -0.889. The predicted molar refractivity (Wildman–Crippen MR) is 65.9 cm³/mol. The number of nitrogens with two attached hydrogens (primary N) is 1. The molecule has 4 heteroatoms. The molecule has 1 aromatic heterocycles. The summed E-state index contributed by atoms with van der Waals surface area (Å²) in [6.45, 7) is 2.08. The van der Waals surface area contributed by atoms with E-state index in [4.69, 9.17) is 11.0 Å². The first-order valence-electron chi connectivity index (χ1n) is 5.39. The number of benzene rings is 1. The van der Waals surface area contributed by atoms with E-state index in [1.165, 1.54) is 0 Å². The van der Waals surface area contributed by atoms with Crippen LogP contribution in [0.4, 0.5) is 0 Å².